The maximum atomic E-state index is 5.87. The van der Waals surface area contributed by atoms with Gasteiger partial charge in [-0.1, -0.05) is 0 Å². The molecule has 4 heteroatoms. The predicted molar refractivity (Wildman–Crippen MR) is 51.0 cm³/mol. The normalized spacial score (nSPS) is 22.5. The lowest BCUT2D eigenvalue weighted by molar-refractivity contribution is 0.225. The van der Waals surface area contributed by atoms with Gasteiger partial charge in [0, 0.05) is 38.8 Å². The highest BCUT2D eigenvalue weighted by molar-refractivity contribution is 4.73. The Balaban J connectivity index is 2.11. The van der Waals surface area contributed by atoms with E-state index in [1.807, 2.05) is 0 Å². The molecule has 4 nitrogen and oxygen atoms in total. The Labute approximate surface area is 74.3 Å². The van der Waals surface area contributed by atoms with Gasteiger partial charge >= 0.3 is 0 Å². The van der Waals surface area contributed by atoms with Crippen LogP contribution >= 0.6 is 0 Å². The fourth-order valence-electron chi connectivity index (χ4n) is 1.53. The summed E-state index contributed by atoms with van der Waals surface area (Å²) in [4.78, 5) is 2.40. The topological polar surface area (TPSA) is 67.3 Å². The maximum Gasteiger partial charge on any atom is 0.0179 e. The number of hydrogen-bond donors (Lipinski definition) is 3. The van der Waals surface area contributed by atoms with E-state index < -0.39 is 0 Å². The lowest BCUT2D eigenvalue weighted by Gasteiger charge is -2.29. The predicted octanol–water partition coefficient (Wildman–Crippen LogP) is -1.43. The van der Waals surface area contributed by atoms with E-state index in [9.17, 15) is 0 Å². The van der Waals surface area contributed by atoms with Gasteiger partial charge in [0.05, 0.1) is 0 Å². The highest BCUT2D eigenvalue weighted by atomic mass is 15.2. The van der Waals surface area contributed by atoms with Crippen molar-refractivity contribution in [3.63, 3.8) is 0 Å². The minimum absolute atomic E-state index is 0.257. The van der Waals surface area contributed by atoms with Crippen LogP contribution < -0.4 is 16.8 Å². The summed E-state index contributed by atoms with van der Waals surface area (Å²) in [7, 11) is 0. The molecule has 0 aromatic heterocycles. The monoisotopic (exact) mass is 172 g/mol. The van der Waals surface area contributed by atoms with Gasteiger partial charge in [0.25, 0.3) is 0 Å². The van der Waals surface area contributed by atoms with E-state index in [1.54, 1.807) is 0 Å². The summed E-state index contributed by atoms with van der Waals surface area (Å²) < 4.78 is 0. The third-order valence-corrected chi connectivity index (χ3v) is 2.24. The zero-order valence-corrected chi connectivity index (χ0v) is 7.63. The molecule has 1 saturated heterocycles. The smallest absolute Gasteiger partial charge is 0.0179 e. The largest absolute Gasteiger partial charge is 0.330 e. The quantitative estimate of drug-likeness (QED) is 0.486. The van der Waals surface area contributed by atoms with Gasteiger partial charge < -0.3 is 16.8 Å². The molecule has 0 spiro atoms. The van der Waals surface area contributed by atoms with Crippen LogP contribution in [-0.2, 0) is 0 Å². The molecule has 72 valence electrons. The summed E-state index contributed by atoms with van der Waals surface area (Å²) in [5.41, 5.74) is 11.3. The Morgan fingerprint density at radius 1 is 1.33 bits per heavy atom. The van der Waals surface area contributed by atoms with Crippen molar-refractivity contribution >= 4 is 0 Å². The lowest BCUT2D eigenvalue weighted by Crippen LogP contribution is -2.48. The van der Waals surface area contributed by atoms with Crippen molar-refractivity contribution in [2.24, 2.45) is 11.5 Å². The second-order valence-electron chi connectivity index (χ2n) is 3.39. The Bertz CT molecular complexity index is 112. The standard InChI is InChI=1S/C8H20N4/c9-2-1-8(10)7-12-5-3-11-4-6-12/h8,11H,1-7,9-10H2. The van der Waals surface area contributed by atoms with Crippen LogP contribution in [0.15, 0.2) is 0 Å². The van der Waals surface area contributed by atoms with Gasteiger partial charge in [0.15, 0.2) is 0 Å². The molecule has 0 bridgehead atoms. The first-order chi connectivity index (χ1) is 5.83. The minimum Gasteiger partial charge on any atom is -0.330 e. The molecule has 1 rings (SSSR count). The number of rotatable bonds is 4. The van der Waals surface area contributed by atoms with E-state index in [0.29, 0.717) is 6.54 Å². The summed E-state index contributed by atoms with van der Waals surface area (Å²) in [6, 6.07) is 0.257. The fraction of sp³-hybridized carbons (Fsp3) is 1.00. The molecule has 0 aromatic rings. The third kappa shape index (κ3) is 3.49. The average molecular weight is 172 g/mol. The molecular weight excluding hydrogens is 152 g/mol. The van der Waals surface area contributed by atoms with E-state index in [4.69, 9.17) is 11.5 Å². The lowest BCUT2D eigenvalue weighted by atomic mass is 10.2. The number of nitrogens with zero attached hydrogens (tertiary/aromatic N) is 1. The first-order valence-electron chi connectivity index (χ1n) is 4.71. The van der Waals surface area contributed by atoms with E-state index in [-0.39, 0.29) is 6.04 Å². The van der Waals surface area contributed by atoms with Crippen molar-refractivity contribution in [2.75, 3.05) is 39.3 Å². The van der Waals surface area contributed by atoms with Gasteiger partial charge in [-0.3, -0.25) is 4.90 Å². The van der Waals surface area contributed by atoms with Crippen LogP contribution in [0.3, 0.4) is 0 Å². The number of nitrogens with two attached hydrogens (primary N) is 2. The molecule has 0 aliphatic carbocycles. The molecule has 1 heterocycles. The molecule has 0 amide bonds. The van der Waals surface area contributed by atoms with E-state index in [2.05, 4.69) is 10.2 Å². The van der Waals surface area contributed by atoms with E-state index in [0.717, 1.165) is 39.1 Å². The van der Waals surface area contributed by atoms with Gasteiger partial charge in [-0.2, -0.15) is 0 Å². The van der Waals surface area contributed by atoms with E-state index >= 15 is 0 Å². The number of nitrogens with one attached hydrogen (secondary N) is 1. The van der Waals surface area contributed by atoms with Crippen LogP contribution in [-0.4, -0.2) is 50.2 Å². The van der Waals surface area contributed by atoms with E-state index in [1.165, 1.54) is 0 Å². The first-order valence-corrected chi connectivity index (χ1v) is 4.71. The highest BCUT2D eigenvalue weighted by Gasteiger charge is 2.12. The summed E-state index contributed by atoms with van der Waals surface area (Å²) in [6.45, 7) is 6.13. The SMILES string of the molecule is NCCC(N)CN1CCNCC1. The summed E-state index contributed by atoms with van der Waals surface area (Å²) in [6.07, 6.45) is 0.934. The van der Waals surface area contributed by atoms with Crippen molar-refractivity contribution in [1.29, 1.82) is 0 Å². The number of piperazine rings is 1. The zero-order chi connectivity index (χ0) is 8.81. The first kappa shape index (κ1) is 9.92. The van der Waals surface area contributed by atoms with Gasteiger partial charge in [-0.05, 0) is 13.0 Å². The van der Waals surface area contributed by atoms with Crippen LogP contribution in [0.5, 0.6) is 0 Å². The molecule has 1 aliphatic rings. The van der Waals surface area contributed by atoms with Crippen LogP contribution in [0, 0.1) is 0 Å². The van der Waals surface area contributed by atoms with Crippen LogP contribution in [0.25, 0.3) is 0 Å². The minimum atomic E-state index is 0.257. The van der Waals surface area contributed by atoms with Crippen molar-refractivity contribution in [1.82, 2.24) is 10.2 Å². The van der Waals surface area contributed by atoms with Crippen LogP contribution in [0.1, 0.15) is 6.42 Å². The molecule has 1 atom stereocenters. The van der Waals surface area contributed by atoms with Crippen LogP contribution in [0.2, 0.25) is 0 Å². The molecule has 1 aliphatic heterocycles. The van der Waals surface area contributed by atoms with Gasteiger partial charge in [-0.25, -0.2) is 0 Å². The molecule has 0 radical (unpaired) electrons. The van der Waals surface area contributed by atoms with Crippen molar-refractivity contribution in [3.8, 4) is 0 Å². The maximum absolute atomic E-state index is 5.87. The summed E-state index contributed by atoms with van der Waals surface area (Å²) in [5, 5.41) is 3.31. The average Bonchev–Trinajstić information content (AvgIpc) is 2.06. The third-order valence-electron chi connectivity index (χ3n) is 2.24. The Morgan fingerprint density at radius 2 is 2.00 bits per heavy atom. The summed E-state index contributed by atoms with van der Waals surface area (Å²) in [5.74, 6) is 0. The molecule has 12 heavy (non-hydrogen) atoms. The molecule has 0 aromatic carbocycles. The Kier molecular flexibility index (Phi) is 4.53. The molecular formula is C8H20N4. The zero-order valence-electron chi connectivity index (χ0n) is 7.63. The van der Waals surface area contributed by atoms with Gasteiger partial charge in [0.1, 0.15) is 0 Å². The van der Waals surface area contributed by atoms with Gasteiger partial charge in [-0.15, -0.1) is 0 Å². The second-order valence-corrected chi connectivity index (χ2v) is 3.39. The second kappa shape index (κ2) is 5.48. The Hall–Kier alpha value is -0.160. The molecule has 1 fully saturated rings. The molecule has 5 N–H and O–H groups in total. The van der Waals surface area contributed by atoms with Gasteiger partial charge in [0.2, 0.25) is 0 Å². The van der Waals surface area contributed by atoms with Crippen LogP contribution in [0.4, 0.5) is 0 Å². The van der Waals surface area contributed by atoms with Crippen molar-refractivity contribution in [3.05, 3.63) is 0 Å². The summed E-state index contributed by atoms with van der Waals surface area (Å²) >= 11 is 0. The highest BCUT2D eigenvalue weighted by Crippen LogP contribution is 1.95. The Morgan fingerprint density at radius 3 is 2.58 bits per heavy atom. The molecule has 1 unspecified atom stereocenters. The fourth-order valence-corrected chi connectivity index (χ4v) is 1.53. The number of hydrogen-bond acceptors (Lipinski definition) is 4. The molecule has 0 saturated carbocycles. The van der Waals surface area contributed by atoms with Crippen molar-refractivity contribution < 1.29 is 0 Å². The van der Waals surface area contributed by atoms with Crippen molar-refractivity contribution in [2.45, 2.75) is 12.5 Å².